The van der Waals surface area contributed by atoms with Crippen molar-refractivity contribution in [1.29, 1.82) is 0 Å². The fourth-order valence-corrected chi connectivity index (χ4v) is 5.22. The summed E-state index contributed by atoms with van der Waals surface area (Å²) in [5.41, 5.74) is 5.53. The molecule has 0 saturated heterocycles. The quantitative estimate of drug-likeness (QED) is 0.877. The molecule has 0 aliphatic heterocycles. The predicted molar refractivity (Wildman–Crippen MR) is 78.6 cm³/mol. The lowest BCUT2D eigenvalue weighted by Gasteiger charge is -2.31. The standard InChI is InChI=1S/C13H22N2O2S2/c1-2-10-5-3-4-6-13(10)15-19(16,17)12-7-11(8-14)18-9-12/h7,9-10,13,15H,2-6,8,14H2,1H3. The number of rotatable bonds is 5. The van der Waals surface area contributed by atoms with Crippen molar-refractivity contribution in [2.45, 2.75) is 56.5 Å². The summed E-state index contributed by atoms with van der Waals surface area (Å²) in [4.78, 5) is 1.26. The van der Waals surface area contributed by atoms with Crippen LogP contribution in [0.3, 0.4) is 0 Å². The average molecular weight is 302 g/mol. The molecule has 1 aromatic rings. The van der Waals surface area contributed by atoms with E-state index in [0.717, 1.165) is 30.6 Å². The largest absolute Gasteiger partial charge is 0.326 e. The van der Waals surface area contributed by atoms with E-state index in [1.54, 1.807) is 11.4 Å². The van der Waals surface area contributed by atoms with Crippen LogP contribution in [-0.4, -0.2) is 14.5 Å². The molecule has 0 spiro atoms. The van der Waals surface area contributed by atoms with Crippen LogP contribution in [-0.2, 0) is 16.6 Å². The Morgan fingerprint density at radius 1 is 1.42 bits per heavy atom. The van der Waals surface area contributed by atoms with Crippen molar-refractivity contribution >= 4 is 21.4 Å². The highest BCUT2D eigenvalue weighted by molar-refractivity contribution is 7.89. The SMILES string of the molecule is CCC1CCCCC1NS(=O)(=O)c1csc(CN)c1. The van der Waals surface area contributed by atoms with E-state index in [1.807, 2.05) is 0 Å². The molecule has 19 heavy (non-hydrogen) atoms. The molecule has 1 aromatic heterocycles. The summed E-state index contributed by atoms with van der Waals surface area (Å²) in [6.45, 7) is 2.52. The van der Waals surface area contributed by atoms with Crippen molar-refractivity contribution in [2.75, 3.05) is 0 Å². The van der Waals surface area contributed by atoms with Crippen molar-refractivity contribution in [3.63, 3.8) is 0 Å². The summed E-state index contributed by atoms with van der Waals surface area (Å²) >= 11 is 1.40. The van der Waals surface area contributed by atoms with E-state index in [9.17, 15) is 8.42 Å². The van der Waals surface area contributed by atoms with Gasteiger partial charge in [-0.1, -0.05) is 26.2 Å². The van der Waals surface area contributed by atoms with Crippen LogP contribution in [0.1, 0.15) is 43.9 Å². The van der Waals surface area contributed by atoms with Gasteiger partial charge in [0.2, 0.25) is 10.0 Å². The molecule has 108 valence electrons. The first-order chi connectivity index (χ1) is 9.06. The average Bonchev–Trinajstić information content (AvgIpc) is 2.88. The molecule has 1 saturated carbocycles. The molecule has 2 rings (SSSR count). The van der Waals surface area contributed by atoms with Crippen molar-refractivity contribution in [3.05, 3.63) is 16.3 Å². The lowest BCUT2D eigenvalue weighted by Crippen LogP contribution is -2.41. The van der Waals surface area contributed by atoms with Crippen LogP contribution >= 0.6 is 11.3 Å². The molecule has 2 unspecified atom stereocenters. The van der Waals surface area contributed by atoms with Crippen molar-refractivity contribution in [3.8, 4) is 0 Å². The van der Waals surface area contributed by atoms with Gasteiger partial charge in [0, 0.05) is 22.8 Å². The zero-order valence-corrected chi connectivity index (χ0v) is 12.9. The molecule has 0 radical (unpaired) electrons. The summed E-state index contributed by atoms with van der Waals surface area (Å²) in [7, 11) is -3.39. The van der Waals surface area contributed by atoms with Crippen LogP contribution in [0.5, 0.6) is 0 Å². The first-order valence-electron chi connectivity index (χ1n) is 6.86. The molecule has 1 heterocycles. The number of hydrogen-bond donors (Lipinski definition) is 2. The van der Waals surface area contributed by atoms with E-state index in [4.69, 9.17) is 5.73 Å². The second kappa shape index (κ2) is 6.35. The second-order valence-electron chi connectivity index (χ2n) is 5.13. The Bertz CT molecular complexity index is 510. The first-order valence-corrected chi connectivity index (χ1v) is 9.23. The van der Waals surface area contributed by atoms with E-state index >= 15 is 0 Å². The number of nitrogens with one attached hydrogen (secondary N) is 1. The van der Waals surface area contributed by atoms with Gasteiger partial charge in [-0.3, -0.25) is 0 Å². The zero-order valence-electron chi connectivity index (χ0n) is 11.3. The summed E-state index contributed by atoms with van der Waals surface area (Å²) in [6, 6.07) is 1.77. The van der Waals surface area contributed by atoms with Gasteiger partial charge in [0.15, 0.2) is 0 Å². The van der Waals surface area contributed by atoms with Crippen LogP contribution in [0, 0.1) is 5.92 Å². The van der Waals surface area contributed by atoms with Gasteiger partial charge in [0.05, 0.1) is 4.90 Å². The summed E-state index contributed by atoms with van der Waals surface area (Å²) < 4.78 is 27.6. The Kier molecular flexibility index (Phi) is 5.00. The Balaban J connectivity index is 2.11. The number of hydrogen-bond acceptors (Lipinski definition) is 4. The maximum atomic E-state index is 12.3. The van der Waals surface area contributed by atoms with Gasteiger partial charge < -0.3 is 5.73 Å². The molecule has 0 amide bonds. The number of thiophene rings is 1. The lowest BCUT2D eigenvalue weighted by molar-refractivity contribution is 0.282. The third-order valence-electron chi connectivity index (χ3n) is 3.88. The van der Waals surface area contributed by atoms with E-state index in [1.165, 1.54) is 17.8 Å². The highest BCUT2D eigenvalue weighted by Gasteiger charge is 2.28. The Morgan fingerprint density at radius 2 is 2.16 bits per heavy atom. The molecule has 2 atom stereocenters. The molecule has 1 fully saturated rings. The van der Waals surface area contributed by atoms with Crippen LogP contribution in [0.15, 0.2) is 16.3 Å². The molecule has 1 aliphatic carbocycles. The Hall–Kier alpha value is -0.430. The van der Waals surface area contributed by atoms with Crippen LogP contribution in [0.2, 0.25) is 0 Å². The van der Waals surface area contributed by atoms with Crippen molar-refractivity contribution in [2.24, 2.45) is 11.7 Å². The smallest absolute Gasteiger partial charge is 0.241 e. The topological polar surface area (TPSA) is 72.2 Å². The lowest BCUT2D eigenvalue weighted by atomic mass is 9.83. The molecule has 1 aliphatic rings. The second-order valence-corrected chi connectivity index (χ2v) is 7.84. The van der Waals surface area contributed by atoms with Crippen LogP contribution in [0.4, 0.5) is 0 Å². The minimum Gasteiger partial charge on any atom is -0.326 e. The molecule has 0 bridgehead atoms. The van der Waals surface area contributed by atoms with Gasteiger partial charge >= 0.3 is 0 Å². The van der Waals surface area contributed by atoms with Gasteiger partial charge in [0.25, 0.3) is 0 Å². The minimum atomic E-state index is -3.39. The van der Waals surface area contributed by atoms with E-state index in [-0.39, 0.29) is 6.04 Å². The monoisotopic (exact) mass is 302 g/mol. The molecule has 6 heteroatoms. The minimum absolute atomic E-state index is 0.0879. The Labute approximate surface area is 119 Å². The maximum Gasteiger partial charge on any atom is 0.241 e. The summed E-state index contributed by atoms with van der Waals surface area (Å²) in [5, 5.41) is 1.67. The number of nitrogens with two attached hydrogens (primary N) is 1. The van der Waals surface area contributed by atoms with Gasteiger partial charge in [-0.05, 0) is 24.8 Å². The molecular formula is C13H22N2O2S2. The van der Waals surface area contributed by atoms with Crippen molar-refractivity contribution < 1.29 is 8.42 Å². The normalized spacial score (nSPS) is 24.5. The van der Waals surface area contributed by atoms with Gasteiger partial charge in [0.1, 0.15) is 0 Å². The van der Waals surface area contributed by atoms with Gasteiger partial charge in [-0.25, -0.2) is 13.1 Å². The first kappa shape index (κ1) is 15.0. The molecule has 0 aromatic carbocycles. The van der Waals surface area contributed by atoms with Crippen LogP contribution in [0.25, 0.3) is 0 Å². The zero-order chi connectivity index (χ0) is 13.9. The van der Waals surface area contributed by atoms with E-state index in [2.05, 4.69) is 11.6 Å². The van der Waals surface area contributed by atoms with Crippen LogP contribution < -0.4 is 10.5 Å². The summed E-state index contributed by atoms with van der Waals surface area (Å²) in [5.74, 6) is 0.469. The van der Waals surface area contributed by atoms with Gasteiger partial charge in [-0.15, -0.1) is 11.3 Å². The number of sulfonamides is 1. The Morgan fingerprint density at radius 3 is 2.79 bits per heavy atom. The fourth-order valence-electron chi connectivity index (χ4n) is 2.73. The maximum absolute atomic E-state index is 12.3. The third kappa shape index (κ3) is 3.56. The predicted octanol–water partition coefficient (Wildman–Crippen LogP) is 2.45. The van der Waals surface area contributed by atoms with E-state index < -0.39 is 10.0 Å². The van der Waals surface area contributed by atoms with E-state index in [0.29, 0.717) is 17.4 Å². The van der Waals surface area contributed by atoms with Gasteiger partial charge in [-0.2, -0.15) is 0 Å². The molecule has 3 N–H and O–H groups in total. The molecule has 4 nitrogen and oxygen atoms in total. The third-order valence-corrected chi connectivity index (χ3v) is 6.46. The molecular weight excluding hydrogens is 280 g/mol. The summed E-state index contributed by atoms with van der Waals surface area (Å²) in [6.07, 6.45) is 5.44. The fraction of sp³-hybridized carbons (Fsp3) is 0.692. The highest BCUT2D eigenvalue weighted by atomic mass is 32.2. The highest BCUT2D eigenvalue weighted by Crippen LogP contribution is 2.28. The van der Waals surface area contributed by atoms with Crippen molar-refractivity contribution in [1.82, 2.24) is 4.72 Å².